The zero-order valence-corrected chi connectivity index (χ0v) is 12.2. The SMILES string of the molecule is NC(=NO)C(Cc1ccccc1)c1cccc2c1C(=O)NC2=O. The third kappa shape index (κ3) is 2.66. The number of oxime groups is 1. The number of benzene rings is 2. The first kappa shape index (κ1) is 14.8. The highest BCUT2D eigenvalue weighted by atomic mass is 16.4. The van der Waals surface area contributed by atoms with Crippen LogP contribution in [0.2, 0.25) is 0 Å². The van der Waals surface area contributed by atoms with E-state index in [1.165, 1.54) is 0 Å². The van der Waals surface area contributed by atoms with Crippen LogP contribution in [0.4, 0.5) is 0 Å². The van der Waals surface area contributed by atoms with Crippen molar-refractivity contribution in [2.24, 2.45) is 10.9 Å². The van der Waals surface area contributed by atoms with Gasteiger partial charge in [-0.3, -0.25) is 14.9 Å². The van der Waals surface area contributed by atoms with Gasteiger partial charge in [0, 0.05) is 5.92 Å². The molecule has 0 aliphatic carbocycles. The Balaban J connectivity index is 2.09. The quantitative estimate of drug-likeness (QED) is 0.262. The molecule has 0 saturated carbocycles. The minimum absolute atomic E-state index is 0.00518. The topological polar surface area (TPSA) is 105 Å². The number of fused-ring (bicyclic) bond motifs is 1. The second-order valence-corrected chi connectivity index (χ2v) is 5.32. The summed E-state index contributed by atoms with van der Waals surface area (Å²) in [6.07, 6.45) is 0.453. The van der Waals surface area contributed by atoms with Gasteiger partial charge in [0.25, 0.3) is 11.8 Å². The summed E-state index contributed by atoms with van der Waals surface area (Å²) in [6.45, 7) is 0. The summed E-state index contributed by atoms with van der Waals surface area (Å²) >= 11 is 0. The Hall–Kier alpha value is -3.15. The normalized spacial score (nSPS) is 15.2. The molecule has 0 bridgehead atoms. The minimum atomic E-state index is -0.506. The van der Waals surface area contributed by atoms with Crippen molar-refractivity contribution in [2.75, 3.05) is 0 Å². The molecule has 1 aliphatic heterocycles. The zero-order chi connectivity index (χ0) is 16.4. The Kier molecular flexibility index (Phi) is 3.80. The maximum atomic E-state index is 12.1. The first-order valence-electron chi connectivity index (χ1n) is 7.11. The van der Waals surface area contributed by atoms with Crippen molar-refractivity contribution in [3.05, 3.63) is 70.8 Å². The van der Waals surface area contributed by atoms with E-state index in [1.54, 1.807) is 18.2 Å². The molecule has 1 unspecified atom stereocenters. The first-order valence-corrected chi connectivity index (χ1v) is 7.11. The highest BCUT2D eigenvalue weighted by Gasteiger charge is 2.32. The number of imide groups is 1. The van der Waals surface area contributed by atoms with E-state index in [2.05, 4.69) is 10.5 Å². The Morgan fingerprint density at radius 2 is 1.83 bits per heavy atom. The molecule has 6 heteroatoms. The third-order valence-electron chi connectivity index (χ3n) is 3.93. The fourth-order valence-corrected chi connectivity index (χ4v) is 2.83. The van der Waals surface area contributed by atoms with Crippen molar-refractivity contribution in [1.29, 1.82) is 0 Å². The number of carbonyl (C=O) groups excluding carboxylic acids is 2. The summed E-state index contributed by atoms with van der Waals surface area (Å²) in [5, 5.41) is 14.5. The van der Waals surface area contributed by atoms with Crippen LogP contribution in [0, 0.1) is 0 Å². The number of nitrogens with one attached hydrogen (secondary N) is 1. The lowest BCUT2D eigenvalue weighted by Crippen LogP contribution is -2.26. The van der Waals surface area contributed by atoms with Crippen molar-refractivity contribution in [3.8, 4) is 0 Å². The molecule has 0 radical (unpaired) electrons. The first-order chi connectivity index (χ1) is 11.1. The third-order valence-corrected chi connectivity index (χ3v) is 3.93. The van der Waals surface area contributed by atoms with Gasteiger partial charge in [-0.05, 0) is 23.6 Å². The minimum Gasteiger partial charge on any atom is -0.409 e. The van der Waals surface area contributed by atoms with Gasteiger partial charge in [-0.1, -0.05) is 47.6 Å². The second kappa shape index (κ2) is 5.92. The van der Waals surface area contributed by atoms with Gasteiger partial charge in [-0.25, -0.2) is 0 Å². The molecule has 0 spiro atoms. The number of carbonyl (C=O) groups is 2. The van der Waals surface area contributed by atoms with Gasteiger partial charge in [-0.2, -0.15) is 0 Å². The van der Waals surface area contributed by atoms with Crippen LogP contribution in [0.3, 0.4) is 0 Å². The Bertz CT molecular complexity index is 800. The summed E-state index contributed by atoms with van der Waals surface area (Å²) in [6, 6.07) is 14.5. The van der Waals surface area contributed by atoms with Gasteiger partial charge in [0.1, 0.15) is 5.84 Å². The van der Waals surface area contributed by atoms with Crippen molar-refractivity contribution in [3.63, 3.8) is 0 Å². The Morgan fingerprint density at radius 3 is 2.52 bits per heavy atom. The molecule has 2 aromatic rings. The molecule has 4 N–H and O–H groups in total. The van der Waals surface area contributed by atoms with Crippen LogP contribution in [0.5, 0.6) is 0 Å². The number of hydrogen-bond acceptors (Lipinski definition) is 4. The molecule has 2 amide bonds. The van der Waals surface area contributed by atoms with E-state index in [-0.39, 0.29) is 5.84 Å². The van der Waals surface area contributed by atoms with Crippen LogP contribution in [0.15, 0.2) is 53.7 Å². The molecular weight excluding hydrogens is 294 g/mol. The van der Waals surface area contributed by atoms with E-state index in [4.69, 9.17) is 10.9 Å². The zero-order valence-electron chi connectivity index (χ0n) is 12.2. The van der Waals surface area contributed by atoms with Crippen molar-refractivity contribution >= 4 is 17.6 Å². The summed E-state index contributed by atoms with van der Waals surface area (Å²) in [5.41, 5.74) is 8.02. The molecule has 0 fully saturated rings. The standard InChI is InChI=1S/C17H15N3O3/c18-15(20-23)13(9-10-5-2-1-3-6-10)11-7-4-8-12-14(11)17(22)19-16(12)21/h1-8,13,23H,9H2,(H2,18,20)(H,19,21,22). The molecule has 23 heavy (non-hydrogen) atoms. The smallest absolute Gasteiger partial charge is 0.259 e. The van der Waals surface area contributed by atoms with E-state index >= 15 is 0 Å². The molecule has 3 rings (SSSR count). The van der Waals surface area contributed by atoms with Gasteiger partial charge in [0.2, 0.25) is 0 Å². The average molecular weight is 309 g/mol. The molecule has 116 valence electrons. The lowest BCUT2D eigenvalue weighted by atomic mass is 9.86. The highest BCUT2D eigenvalue weighted by Crippen LogP contribution is 2.29. The number of hydrogen-bond donors (Lipinski definition) is 3. The number of nitrogens with zero attached hydrogens (tertiary/aromatic N) is 1. The summed E-state index contributed by atoms with van der Waals surface area (Å²) in [4.78, 5) is 23.9. The van der Waals surface area contributed by atoms with Crippen LogP contribution in [0.25, 0.3) is 0 Å². The van der Waals surface area contributed by atoms with E-state index in [1.807, 2.05) is 30.3 Å². The maximum Gasteiger partial charge on any atom is 0.259 e. The number of amides is 2. The fraction of sp³-hybridized carbons (Fsp3) is 0.118. The van der Waals surface area contributed by atoms with Gasteiger partial charge in [0.15, 0.2) is 0 Å². The molecule has 2 aromatic carbocycles. The summed E-state index contributed by atoms with van der Waals surface area (Å²) < 4.78 is 0. The van der Waals surface area contributed by atoms with E-state index < -0.39 is 17.7 Å². The average Bonchev–Trinajstić information content (AvgIpc) is 2.88. The molecular formula is C17H15N3O3. The molecule has 6 nitrogen and oxygen atoms in total. The second-order valence-electron chi connectivity index (χ2n) is 5.32. The monoisotopic (exact) mass is 309 g/mol. The van der Waals surface area contributed by atoms with Gasteiger partial charge < -0.3 is 10.9 Å². The molecule has 1 atom stereocenters. The van der Waals surface area contributed by atoms with E-state index in [0.717, 1.165) is 5.56 Å². The Labute approximate surface area is 132 Å². The number of amidine groups is 1. The van der Waals surface area contributed by atoms with E-state index in [0.29, 0.717) is 23.1 Å². The maximum absolute atomic E-state index is 12.1. The number of rotatable bonds is 4. The van der Waals surface area contributed by atoms with Crippen LogP contribution in [-0.4, -0.2) is 22.9 Å². The van der Waals surface area contributed by atoms with Crippen LogP contribution in [-0.2, 0) is 6.42 Å². The molecule has 0 aromatic heterocycles. The van der Waals surface area contributed by atoms with Crippen molar-refractivity contribution < 1.29 is 14.8 Å². The Morgan fingerprint density at radius 1 is 1.09 bits per heavy atom. The van der Waals surface area contributed by atoms with Gasteiger partial charge in [0.05, 0.1) is 11.1 Å². The summed E-state index contributed by atoms with van der Waals surface area (Å²) in [7, 11) is 0. The van der Waals surface area contributed by atoms with E-state index in [9.17, 15) is 9.59 Å². The molecule has 1 heterocycles. The van der Waals surface area contributed by atoms with Crippen molar-refractivity contribution in [1.82, 2.24) is 5.32 Å². The van der Waals surface area contributed by atoms with Crippen molar-refractivity contribution in [2.45, 2.75) is 12.3 Å². The lowest BCUT2D eigenvalue weighted by molar-refractivity contribution is 0.0879. The molecule has 1 aliphatic rings. The lowest BCUT2D eigenvalue weighted by Gasteiger charge is -2.18. The van der Waals surface area contributed by atoms with Crippen LogP contribution in [0.1, 0.15) is 37.8 Å². The predicted molar refractivity (Wildman–Crippen MR) is 84.5 cm³/mol. The number of nitrogens with two attached hydrogens (primary N) is 1. The van der Waals surface area contributed by atoms with Gasteiger partial charge >= 0.3 is 0 Å². The fourth-order valence-electron chi connectivity index (χ4n) is 2.83. The highest BCUT2D eigenvalue weighted by molar-refractivity contribution is 6.22. The largest absolute Gasteiger partial charge is 0.409 e. The van der Waals surface area contributed by atoms with Crippen LogP contribution < -0.4 is 11.1 Å². The molecule has 0 saturated heterocycles. The summed E-state index contributed by atoms with van der Waals surface area (Å²) in [5.74, 6) is -1.39. The van der Waals surface area contributed by atoms with Crippen LogP contribution >= 0.6 is 0 Å². The predicted octanol–water partition coefficient (Wildman–Crippen LogP) is 1.64. The van der Waals surface area contributed by atoms with Gasteiger partial charge in [-0.15, -0.1) is 0 Å².